The zero-order valence-electron chi connectivity index (χ0n) is 12.4. The lowest BCUT2D eigenvalue weighted by molar-refractivity contribution is -0.00803. The highest BCUT2D eigenvalue weighted by molar-refractivity contribution is 7.12. The van der Waals surface area contributed by atoms with Gasteiger partial charge < -0.3 is 9.84 Å². The molecule has 1 aliphatic rings. The molecule has 0 aliphatic heterocycles. The van der Waals surface area contributed by atoms with Crippen LogP contribution >= 0.6 is 11.3 Å². The normalized spacial score (nSPS) is 26.1. The summed E-state index contributed by atoms with van der Waals surface area (Å²) in [6, 6.07) is 4.14. The van der Waals surface area contributed by atoms with Crippen molar-refractivity contribution in [3.63, 3.8) is 0 Å². The van der Waals surface area contributed by atoms with E-state index in [9.17, 15) is 0 Å². The maximum atomic E-state index is 8.70. The largest absolute Gasteiger partial charge is 0.395 e. The molecule has 1 saturated carbocycles. The SMILES string of the molecule is CC1CC(C)CC(OCc2ccc(C#CCCO)s2)C1. The van der Waals surface area contributed by atoms with Gasteiger partial charge >= 0.3 is 0 Å². The Hall–Kier alpha value is -0.820. The van der Waals surface area contributed by atoms with Gasteiger partial charge in [0.25, 0.3) is 0 Å². The van der Waals surface area contributed by atoms with E-state index in [0.29, 0.717) is 19.1 Å². The maximum absolute atomic E-state index is 8.70. The Morgan fingerprint density at radius 1 is 1.25 bits per heavy atom. The number of rotatable bonds is 4. The molecule has 2 unspecified atom stereocenters. The van der Waals surface area contributed by atoms with Crippen molar-refractivity contribution in [2.75, 3.05) is 6.61 Å². The third-order valence-corrected chi connectivity index (χ3v) is 4.68. The molecule has 2 rings (SSSR count). The summed E-state index contributed by atoms with van der Waals surface area (Å²) in [5, 5.41) is 8.70. The van der Waals surface area contributed by atoms with Gasteiger partial charge in [0, 0.05) is 11.3 Å². The molecule has 0 spiro atoms. The molecule has 1 fully saturated rings. The van der Waals surface area contributed by atoms with E-state index in [0.717, 1.165) is 16.7 Å². The van der Waals surface area contributed by atoms with Gasteiger partial charge in [0.1, 0.15) is 0 Å². The Labute approximate surface area is 126 Å². The molecule has 0 saturated heterocycles. The third kappa shape index (κ3) is 4.94. The number of aliphatic hydroxyl groups excluding tert-OH is 1. The van der Waals surface area contributed by atoms with Gasteiger partial charge in [-0.3, -0.25) is 0 Å². The monoisotopic (exact) mass is 292 g/mol. The molecular formula is C17H24O2S. The number of hydrogen-bond acceptors (Lipinski definition) is 3. The molecular weight excluding hydrogens is 268 g/mol. The van der Waals surface area contributed by atoms with E-state index in [4.69, 9.17) is 9.84 Å². The second-order valence-electron chi connectivity index (χ2n) is 5.89. The zero-order valence-corrected chi connectivity index (χ0v) is 13.2. The molecule has 1 aromatic rings. The summed E-state index contributed by atoms with van der Waals surface area (Å²) in [5.41, 5.74) is 0. The number of aliphatic hydroxyl groups is 1. The molecule has 0 aromatic carbocycles. The van der Waals surface area contributed by atoms with Crippen LogP contribution in [-0.2, 0) is 11.3 Å². The quantitative estimate of drug-likeness (QED) is 0.855. The predicted octanol–water partition coefficient (Wildman–Crippen LogP) is 3.82. The first-order valence-electron chi connectivity index (χ1n) is 7.47. The van der Waals surface area contributed by atoms with E-state index in [-0.39, 0.29) is 6.61 Å². The highest BCUT2D eigenvalue weighted by Gasteiger charge is 2.24. The highest BCUT2D eigenvalue weighted by Crippen LogP contribution is 2.31. The maximum Gasteiger partial charge on any atom is 0.0813 e. The number of hydrogen-bond donors (Lipinski definition) is 1. The van der Waals surface area contributed by atoms with Gasteiger partial charge in [-0.2, -0.15) is 0 Å². The van der Waals surface area contributed by atoms with Gasteiger partial charge in [0.05, 0.1) is 24.2 Å². The molecule has 1 aliphatic carbocycles. The Balaban J connectivity index is 1.81. The average Bonchev–Trinajstić information content (AvgIpc) is 2.84. The van der Waals surface area contributed by atoms with Crippen LogP contribution in [0.3, 0.4) is 0 Å². The first kappa shape index (κ1) is 15.6. The standard InChI is InChI=1S/C17H24O2S/c1-13-9-14(2)11-15(10-13)19-12-17-7-6-16(20-17)5-3-4-8-18/h6-7,13-15,18H,4,8-12H2,1-2H3. The molecule has 0 bridgehead atoms. The van der Waals surface area contributed by atoms with Crippen LogP contribution in [0.1, 0.15) is 49.3 Å². The first-order chi connectivity index (χ1) is 9.67. The highest BCUT2D eigenvalue weighted by atomic mass is 32.1. The molecule has 1 heterocycles. The van der Waals surface area contributed by atoms with Gasteiger partial charge in [0.15, 0.2) is 0 Å². The van der Waals surface area contributed by atoms with Crippen molar-refractivity contribution in [1.29, 1.82) is 0 Å². The van der Waals surface area contributed by atoms with Gasteiger partial charge in [0.2, 0.25) is 0 Å². The summed E-state index contributed by atoms with van der Waals surface area (Å²) in [4.78, 5) is 2.30. The van der Waals surface area contributed by atoms with Gasteiger partial charge in [-0.15, -0.1) is 11.3 Å². The summed E-state index contributed by atoms with van der Waals surface area (Å²) in [6.07, 6.45) is 4.68. The van der Waals surface area contributed by atoms with Crippen LogP contribution < -0.4 is 0 Å². The average molecular weight is 292 g/mol. The molecule has 3 heteroatoms. The number of thiophene rings is 1. The van der Waals surface area contributed by atoms with Crippen molar-refractivity contribution >= 4 is 11.3 Å². The minimum absolute atomic E-state index is 0.131. The van der Waals surface area contributed by atoms with Crippen LogP contribution in [-0.4, -0.2) is 17.8 Å². The topological polar surface area (TPSA) is 29.5 Å². The van der Waals surface area contributed by atoms with Crippen LogP contribution in [0.15, 0.2) is 12.1 Å². The fourth-order valence-corrected chi connectivity index (χ4v) is 3.74. The summed E-state index contributed by atoms with van der Waals surface area (Å²) in [6.45, 7) is 5.49. The first-order valence-corrected chi connectivity index (χ1v) is 8.29. The molecule has 20 heavy (non-hydrogen) atoms. The van der Waals surface area contributed by atoms with E-state index in [2.05, 4.69) is 31.8 Å². The smallest absolute Gasteiger partial charge is 0.0813 e. The van der Waals surface area contributed by atoms with Crippen LogP contribution in [0, 0.1) is 23.7 Å². The second kappa shape index (κ2) is 7.83. The second-order valence-corrected chi connectivity index (χ2v) is 7.06. The lowest BCUT2D eigenvalue weighted by Crippen LogP contribution is -2.26. The summed E-state index contributed by atoms with van der Waals surface area (Å²) < 4.78 is 6.07. The Kier molecular flexibility index (Phi) is 6.09. The minimum Gasteiger partial charge on any atom is -0.395 e. The predicted molar refractivity (Wildman–Crippen MR) is 83.7 cm³/mol. The van der Waals surface area contributed by atoms with E-state index < -0.39 is 0 Å². The number of ether oxygens (including phenoxy) is 1. The summed E-state index contributed by atoms with van der Waals surface area (Å²) in [7, 11) is 0. The molecule has 2 nitrogen and oxygen atoms in total. The van der Waals surface area contributed by atoms with Crippen LogP contribution in [0.2, 0.25) is 0 Å². The van der Waals surface area contributed by atoms with Crippen LogP contribution in [0.25, 0.3) is 0 Å². The van der Waals surface area contributed by atoms with Crippen LogP contribution in [0.4, 0.5) is 0 Å². The lowest BCUT2D eigenvalue weighted by atomic mass is 9.82. The van der Waals surface area contributed by atoms with Crippen molar-refractivity contribution in [2.24, 2.45) is 11.8 Å². The van der Waals surface area contributed by atoms with Crippen molar-refractivity contribution in [1.82, 2.24) is 0 Å². The molecule has 1 aromatic heterocycles. The zero-order chi connectivity index (χ0) is 14.4. The van der Waals surface area contributed by atoms with E-state index >= 15 is 0 Å². The molecule has 2 atom stereocenters. The fourth-order valence-electron chi connectivity index (χ4n) is 2.94. The van der Waals surface area contributed by atoms with E-state index in [1.165, 1.54) is 24.1 Å². The summed E-state index contributed by atoms with van der Waals surface area (Å²) in [5.74, 6) is 7.59. The Bertz CT molecular complexity index is 459. The Morgan fingerprint density at radius 2 is 2.00 bits per heavy atom. The van der Waals surface area contributed by atoms with E-state index in [1.807, 2.05) is 6.07 Å². The van der Waals surface area contributed by atoms with Gasteiger partial charge in [-0.05, 0) is 43.2 Å². The molecule has 0 amide bonds. The molecule has 0 radical (unpaired) electrons. The van der Waals surface area contributed by atoms with E-state index in [1.54, 1.807) is 11.3 Å². The van der Waals surface area contributed by atoms with Crippen molar-refractivity contribution in [2.45, 2.75) is 52.2 Å². The van der Waals surface area contributed by atoms with Crippen LogP contribution in [0.5, 0.6) is 0 Å². The fraction of sp³-hybridized carbons (Fsp3) is 0.647. The molecule has 1 N–H and O–H groups in total. The summed E-state index contributed by atoms with van der Waals surface area (Å²) >= 11 is 1.69. The molecule has 110 valence electrons. The van der Waals surface area contributed by atoms with Gasteiger partial charge in [-0.1, -0.05) is 25.7 Å². The van der Waals surface area contributed by atoms with Gasteiger partial charge in [-0.25, -0.2) is 0 Å². The lowest BCUT2D eigenvalue weighted by Gasteiger charge is -2.31. The third-order valence-electron chi connectivity index (χ3n) is 3.71. The van der Waals surface area contributed by atoms with Crippen molar-refractivity contribution in [3.05, 3.63) is 21.9 Å². The van der Waals surface area contributed by atoms with Crippen molar-refractivity contribution < 1.29 is 9.84 Å². The minimum atomic E-state index is 0.131. The van der Waals surface area contributed by atoms with Crippen molar-refractivity contribution in [3.8, 4) is 11.8 Å². The Morgan fingerprint density at radius 3 is 2.70 bits per heavy atom.